The Morgan fingerprint density at radius 3 is 2.81 bits per heavy atom. The van der Waals surface area contributed by atoms with Crippen molar-refractivity contribution < 1.29 is 0 Å². The highest BCUT2D eigenvalue weighted by atomic mass is 35.5. The first-order valence-corrected chi connectivity index (χ1v) is 7.58. The normalized spacial score (nSPS) is 11.3. The highest BCUT2D eigenvalue weighted by molar-refractivity contribution is 7.25. The molecule has 0 atom stereocenters. The van der Waals surface area contributed by atoms with Gasteiger partial charge in [-0.15, -0.1) is 11.3 Å². The van der Waals surface area contributed by atoms with E-state index < -0.39 is 0 Å². The number of rotatable bonds is 1. The zero-order valence-electron chi connectivity index (χ0n) is 10.8. The maximum atomic E-state index is 12.7. The molecule has 4 aromatic rings. The number of thiophene rings is 1. The maximum Gasteiger partial charge on any atom is 0.275 e. The monoisotopic (exact) mass is 312 g/mol. The Kier molecular flexibility index (Phi) is 2.80. The summed E-state index contributed by atoms with van der Waals surface area (Å²) in [4.78, 5) is 17.2. The van der Waals surface area contributed by atoms with Crippen molar-refractivity contribution in [2.45, 2.75) is 0 Å². The number of nitrogens with zero attached hydrogens (tertiary/aromatic N) is 2. The van der Waals surface area contributed by atoms with Gasteiger partial charge in [-0.3, -0.25) is 9.36 Å². The molecule has 0 N–H and O–H groups in total. The molecule has 5 heteroatoms. The van der Waals surface area contributed by atoms with E-state index in [1.54, 1.807) is 18.5 Å². The summed E-state index contributed by atoms with van der Waals surface area (Å²) in [7, 11) is 0. The van der Waals surface area contributed by atoms with Gasteiger partial charge in [-0.05, 0) is 24.3 Å². The van der Waals surface area contributed by atoms with E-state index in [-0.39, 0.29) is 5.56 Å². The Bertz CT molecular complexity index is 1040. The van der Waals surface area contributed by atoms with E-state index in [1.807, 2.05) is 36.4 Å². The van der Waals surface area contributed by atoms with Gasteiger partial charge in [0.15, 0.2) is 0 Å². The van der Waals surface area contributed by atoms with E-state index in [0.29, 0.717) is 9.72 Å². The van der Waals surface area contributed by atoms with E-state index in [0.717, 1.165) is 21.3 Å². The highest BCUT2D eigenvalue weighted by Crippen LogP contribution is 2.30. The van der Waals surface area contributed by atoms with Gasteiger partial charge in [0.25, 0.3) is 5.56 Å². The molecule has 2 heterocycles. The summed E-state index contributed by atoms with van der Waals surface area (Å²) < 4.78 is 3.27. The molecule has 0 unspecified atom stereocenters. The summed E-state index contributed by atoms with van der Waals surface area (Å²) in [5.41, 5.74) is 1.42. The van der Waals surface area contributed by atoms with Crippen LogP contribution in [-0.4, -0.2) is 9.55 Å². The zero-order valence-corrected chi connectivity index (χ0v) is 12.4. The molecule has 0 fully saturated rings. The Morgan fingerprint density at radius 1 is 1.10 bits per heavy atom. The van der Waals surface area contributed by atoms with Crippen molar-refractivity contribution in [1.29, 1.82) is 0 Å². The van der Waals surface area contributed by atoms with Crippen molar-refractivity contribution in [3.63, 3.8) is 0 Å². The lowest BCUT2D eigenvalue weighted by Crippen LogP contribution is -2.17. The molecular formula is C16H9ClN2OS. The van der Waals surface area contributed by atoms with Crippen molar-refractivity contribution >= 4 is 43.2 Å². The summed E-state index contributed by atoms with van der Waals surface area (Å²) in [6.45, 7) is 0. The summed E-state index contributed by atoms with van der Waals surface area (Å²) in [5.74, 6) is 0. The third kappa shape index (κ3) is 1.95. The molecule has 21 heavy (non-hydrogen) atoms. The van der Waals surface area contributed by atoms with Crippen LogP contribution in [0.5, 0.6) is 0 Å². The van der Waals surface area contributed by atoms with Crippen molar-refractivity contribution in [2.75, 3.05) is 0 Å². The predicted octanol–water partition coefficient (Wildman–Crippen LogP) is 4.25. The molecule has 0 radical (unpaired) electrons. The van der Waals surface area contributed by atoms with Gasteiger partial charge >= 0.3 is 0 Å². The molecule has 0 aliphatic heterocycles. The SMILES string of the molecule is O=c1c2sc3ccccc3c2ncn1-c1cccc(Cl)c1. The van der Waals surface area contributed by atoms with Crippen molar-refractivity contribution in [3.8, 4) is 5.69 Å². The van der Waals surface area contributed by atoms with Crippen LogP contribution in [0, 0.1) is 0 Å². The molecule has 2 aromatic heterocycles. The summed E-state index contributed by atoms with van der Waals surface area (Å²) in [6.07, 6.45) is 1.56. The average molecular weight is 313 g/mol. The zero-order chi connectivity index (χ0) is 14.4. The van der Waals surface area contributed by atoms with Gasteiger partial charge < -0.3 is 0 Å². The van der Waals surface area contributed by atoms with Crippen molar-refractivity contribution in [3.05, 3.63) is 70.2 Å². The Balaban J connectivity index is 2.07. The van der Waals surface area contributed by atoms with Gasteiger partial charge in [0, 0.05) is 15.1 Å². The van der Waals surface area contributed by atoms with Crippen LogP contribution in [0.1, 0.15) is 0 Å². The van der Waals surface area contributed by atoms with E-state index in [4.69, 9.17) is 11.6 Å². The van der Waals surface area contributed by atoms with E-state index in [1.165, 1.54) is 15.9 Å². The molecule has 0 spiro atoms. The Labute approximate surface area is 129 Å². The smallest absolute Gasteiger partial charge is 0.267 e. The van der Waals surface area contributed by atoms with Gasteiger partial charge in [0.1, 0.15) is 11.0 Å². The minimum atomic E-state index is -0.0662. The molecule has 0 aliphatic carbocycles. The van der Waals surface area contributed by atoms with E-state index >= 15 is 0 Å². The summed E-state index contributed by atoms with van der Waals surface area (Å²) in [5, 5.41) is 1.61. The van der Waals surface area contributed by atoms with Crippen LogP contribution in [0.2, 0.25) is 5.02 Å². The highest BCUT2D eigenvalue weighted by Gasteiger charge is 2.11. The second-order valence-electron chi connectivity index (χ2n) is 4.68. The lowest BCUT2D eigenvalue weighted by Gasteiger charge is -2.05. The van der Waals surface area contributed by atoms with Gasteiger partial charge in [-0.2, -0.15) is 0 Å². The number of hydrogen-bond acceptors (Lipinski definition) is 3. The quantitative estimate of drug-likeness (QED) is 0.526. The van der Waals surface area contributed by atoms with Crippen LogP contribution in [0.25, 0.3) is 26.0 Å². The van der Waals surface area contributed by atoms with Crippen molar-refractivity contribution in [2.24, 2.45) is 0 Å². The fourth-order valence-corrected chi connectivity index (χ4v) is 3.66. The van der Waals surface area contributed by atoms with Crippen LogP contribution in [-0.2, 0) is 0 Å². The van der Waals surface area contributed by atoms with Crippen LogP contribution >= 0.6 is 22.9 Å². The standard InChI is InChI=1S/C16H9ClN2OS/c17-10-4-3-5-11(8-10)19-9-18-14-12-6-1-2-7-13(12)21-15(14)16(19)20/h1-9H. The molecule has 3 nitrogen and oxygen atoms in total. The number of hydrogen-bond donors (Lipinski definition) is 0. The first kappa shape index (κ1) is 12.6. The number of halogens is 1. The molecule has 0 aliphatic rings. The van der Waals surface area contributed by atoms with Crippen LogP contribution in [0.4, 0.5) is 0 Å². The van der Waals surface area contributed by atoms with E-state index in [9.17, 15) is 4.79 Å². The third-order valence-electron chi connectivity index (χ3n) is 3.37. The molecule has 0 bridgehead atoms. The average Bonchev–Trinajstić information content (AvgIpc) is 2.87. The van der Waals surface area contributed by atoms with Gasteiger partial charge in [-0.1, -0.05) is 35.9 Å². The number of aromatic nitrogens is 2. The Morgan fingerprint density at radius 2 is 1.95 bits per heavy atom. The minimum Gasteiger partial charge on any atom is -0.267 e. The fourth-order valence-electron chi connectivity index (χ4n) is 2.39. The van der Waals surface area contributed by atoms with Gasteiger partial charge in [-0.25, -0.2) is 4.98 Å². The third-order valence-corrected chi connectivity index (χ3v) is 4.75. The fraction of sp³-hybridized carbons (Fsp3) is 0. The topological polar surface area (TPSA) is 34.9 Å². The molecule has 0 amide bonds. The summed E-state index contributed by atoms with van der Waals surface area (Å²) in [6, 6.07) is 15.1. The van der Waals surface area contributed by atoms with Crippen LogP contribution in [0.3, 0.4) is 0 Å². The largest absolute Gasteiger partial charge is 0.275 e. The van der Waals surface area contributed by atoms with Gasteiger partial charge in [0.2, 0.25) is 0 Å². The maximum absolute atomic E-state index is 12.7. The minimum absolute atomic E-state index is 0.0662. The predicted molar refractivity (Wildman–Crippen MR) is 87.7 cm³/mol. The molecule has 0 saturated carbocycles. The molecule has 4 rings (SSSR count). The van der Waals surface area contributed by atoms with Crippen molar-refractivity contribution in [1.82, 2.24) is 9.55 Å². The van der Waals surface area contributed by atoms with Crippen LogP contribution in [0.15, 0.2) is 59.7 Å². The second kappa shape index (κ2) is 4.69. The molecular weight excluding hydrogens is 304 g/mol. The first-order valence-electron chi connectivity index (χ1n) is 6.39. The molecule has 102 valence electrons. The second-order valence-corrected chi connectivity index (χ2v) is 6.16. The van der Waals surface area contributed by atoms with E-state index in [2.05, 4.69) is 4.98 Å². The molecule has 2 aromatic carbocycles. The first-order chi connectivity index (χ1) is 10.2. The summed E-state index contributed by atoms with van der Waals surface area (Å²) >= 11 is 7.47. The lowest BCUT2D eigenvalue weighted by atomic mass is 10.2. The number of benzene rings is 2. The Hall–Kier alpha value is -2.17. The number of fused-ring (bicyclic) bond motifs is 3. The van der Waals surface area contributed by atoms with Gasteiger partial charge in [0.05, 0.1) is 11.2 Å². The molecule has 0 saturated heterocycles. The lowest BCUT2D eigenvalue weighted by molar-refractivity contribution is 0.968. The van der Waals surface area contributed by atoms with Crippen LogP contribution < -0.4 is 5.56 Å².